The van der Waals surface area contributed by atoms with Crippen molar-refractivity contribution in [3.05, 3.63) is 59.4 Å². The van der Waals surface area contributed by atoms with Crippen molar-refractivity contribution >= 4 is 46.0 Å². The lowest BCUT2D eigenvalue weighted by Crippen LogP contribution is -2.45. The van der Waals surface area contributed by atoms with Crippen molar-refractivity contribution in [2.24, 2.45) is 0 Å². The van der Waals surface area contributed by atoms with Crippen molar-refractivity contribution < 1.29 is 4.39 Å². The number of benzene rings is 2. The molecule has 0 heterocycles. The van der Waals surface area contributed by atoms with Crippen LogP contribution >= 0.6 is 24.4 Å². The molecule has 23 heavy (non-hydrogen) atoms. The predicted octanol–water partition coefficient (Wildman–Crippen LogP) is 3.63. The van der Waals surface area contributed by atoms with Gasteiger partial charge in [0.1, 0.15) is 5.82 Å². The number of thiocarbonyl (C=S) groups is 2. The zero-order valence-electron chi connectivity index (χ0n) is 12.7. The van der Waals surface area contributed by atoms with E-state index in [1.165, 1.54) is 12.1 Å². The van der Waals surface area contributed by atoms with Crippen LogP contribution < -0.4 is 21.5 Å². The van der Waals surface area contributed by atoms with E-state index in [0.717, 1.165) is 16.8 Å². The Kier molecular flexibility index (Phi) is 5.84. The van der Waals surface area contributed by atoms with Crippen LogP contribution in [-0.2, 0) is 0 Å². The van der Waals surface area contributed by atoms with E-state index < -0.39 is 0 Å². The van der Waals surface area contributed by atoms with Crippen molar-refractivity contribution in [3.63, 3.8) is 0 Å². The number of nitrogens with one attached hydrogen (secondary N) is 4. The normalized spacial score (nSPS) is 9.87. The molecule has 0 bridgehead atoms. The van der Waals surface area contributed by atoms with Gasteiger partial charge in [0.25, 0.3) is 0 Å². The van der Waals surface area contributed by atoms with E-state index in [2.05, 4.69) is 27.6 Å². The summed E-state index contributed by atoms with van der Waals surface area (Å²) in [6.45, 7) is 4.04. The molecular formula is C16H17FN4S2. The Labute approximate surface area is 145 Å². The zero-order valence-corrected chi connectivity index (χ0v) is 14.4. The van der Waals surface area contributed by atoms with Crippen LogP contribution in [0.3, 0.4) is 0 Å². The summed E-state index contributed by atoms with van der Waals surface area (Å²) in [7, 11) is 0. The first-order chi connectivity index (χ1) is 10.9. The fourth-order valence-electron chi connectivity index (χ4n) is 2.02. The summed E-state index contributed by atoms with van der Waals surface area (Å²) in [5.41, 5.74) is 9.44. The molecule has 7 heteroatoms. The van der Waals surface area contributed by atoms with Crippen LogP contribution in [0.5, 0.6) is 0 Å². The van der Waals surface area contributed by atoms with Gasteiger partial charge >= 0.3 is 0 Å². The third-order valence-electron chi connectivity index (χ3n) is 2.87. The minimum absolute atomic E-state index is 0.300. The highest BCUT2D eigenvalue weighted by molar-refractivity contribution is 7.81. The first kappa shape index (κ1) is 17.1. The van der Waals surface area contributed by atoms with Crippen LogP contribution in [0.15, 0.2) is 42.5 Å². The Morgan fingerprint density at radius 2 is 1.26 bits per heavy atom. The molecule has 0 radical (unpaired) electrons. The highest BCUT2D eigenvalue weighted by Crippen LogP contribution is 2.13. The van der Waals surface area contributed by atoms with Crippen molar-refractivity contribution in [1.82, 2.24) is 10.9 Å². The van der Waals surface area contributed by atoms with Crippen LogP contribution in [0.1, 0.15) is 11.1 Å². The van der Waals surface area contributed by atoms with E-state index >= 15 is 0 Å². The number of hydrazine groups is 1. The topological polar surface area (TPSA) is 48.1 Å². The van der Waals surface area contributed by atoms with E-state index in [0.29, 0.717) is 15.9 Å². The summed E-state index contributed by atoms with van der Waals surface area (Å²) in [5.74, 6) is -0.300. The lowest BCUT2D eigenvalue weighted by atomic mass is 10.1. The first-order valence-electron chi connectivity index (χ1n) is 6.90. The lowest BCUT2D eigenvalue weighted by Gasteiger charge is -2.15. The molecule has 0 saturated carbocycles. The van der Waals surface area contributed by atoms with Crippen molar-refractivity contribution in [1.29, 1.82) is 0 Å². The number of halogens is 1. The second-order valence-corrected chi connectivity index (χ2v) is 5.86. The minimum Gasteiger partial charge on any atom is -0.331 e. The van der Waals surface area contributed by atoms with Gasteiger partial charge in [-0.25, -0.2) is 4.39 Å². The molecule has 0 amide bonds. The maximum atomic E-state index is 12.8. The average Bonchev–Trinajstić information content (AvgIpc) is 2.46. The molecule has 2 rings (SSSR count). The molecule has 0 aliphatic carbocycles. The Morgan fingerprint density at radius 1 is 0.783 bits per heavy atom. The summed E-state index contributed by atoms with van der Waals surface area (Å²) in [6.07, 6.45) is 0. The number of rotatable bonds is 2. The molecule has 0 spiro atoms. The molecule has 120 valence electrons. The van der Waals surface area contributed by atoms with Gasteiger partial charge in [-0.05, 0) is 85.8 Å². The molecule has 0 saturated heterocycles. The predicted molar refractivity (Wildman–Crippen MR) is 101 cm³/mol. The number of hydrogen-bond donors (Lipinski definition) is 4. The van der Waals surface area contributed by atoms with Crippen LogP contribution in [0.4, 0.5) is 15.8 Å². The fourth-order valence-corrected chi connectivity index (χ4v) is 2.36. The van der Waals surface area contributed by atoms with Gasteiger partial charge in [-0.3, -0.25) is 10.9 Å². The molecule has 2 aromatic rings. The van der Waals surface area contributed by atoms with E-state index in [-0.39, 0.29) is 5.82 Å². The van der Waals surface area contributed by atoms with Crippen molar-refractivity contribution in [2.75, 3.05) is 10.6 Å². The fraction of sp³-hybridized carbons (Fsp3) is 0.125. The molecule has 2 aromatic carbocycles. The summed E-state index contributed by atoms with van der Waals surface area (Å²) >= 11 is 10.3. The smallest absolute Gasteiger partial charge is 0.189 e. The number of hydrogen-bond acceptors (Lipinski definition) is 2. The highest BCUT2D eigenvalue weighted by Gasteiger charge is 2.01. The molecule has 0 fully saturated rings. The standard InChI is InChI=1S/C16H17FN4S2/c1-10-7-11(2)9-14(8-10)19-16(23)21-20-15(22)18-13-5-3-12(17)4-6-13/h3-9H,1-2H3,(H2,18,20,22)(H2,19,21,23). The Morgan fingerprint density at radius 3 is 1.78 bits per heavy atom. The maximum absolute atomic E-state index is 12.8. The van der Waals surface area contributed by atoms with Crippen LogP contribution in [0.25, 0.3) is 0 Å². The van der Waals surface area contributed by atoms with E-state index in [4.69, 9.17) is 24.4 Å². The van der Waals surface area contributed by atoms with Gasteiger partial charge in [0.2, 0.25) is 0 Å². The van der Waals surface area contributed by atoms with Crippen LogP contribution in [0, 0.1) is 19.7 Å². The third-order valence-corrected chi connectivity index (χ3v) is 3.28. The molecule has 0 aliphatic heterocycles. The molecule has 0 aromatic heterocycles. The van der Waals surface area contributed by atoms with E-state index in [1.54, 1.807) is 12.1 Å². The Hall–Kier alpha value is -2.25. The zero-order chi connectivity index (χ0) is 16.8. The minimum atomic E-state index is -0.300. The monoisotopic (exact) mass is 348 g/mol. The third kappa shape index (κ3) is 5.80. The lowest BCUT2D eigenvalue weighted by molar-refractivity contribution is 0.628. The molecule has 4 nitrogen and oxygen atoms in total. The molecular weight excluding hydrogens is 331 g/mol. The average molecular weight is 348 g/mol. The molecule has 4 N–H and O–H groups in total. The van der Waals surface area contributed by atoms with Gasteiger partial charge in [-0.15, -0.1) is 0 Å². The summed E-state index contributed by atoms with van der Waals surface area (Å²) in [5, 5.41) is 6.69. The molecule has 0 unspecified atom stereocenters. The van der Waals surface area contributed by atoms with Gasteiger partial charge in [-0.1, -0.05) is 6.07 Å². The maximum Gasteiger partial charge on any atom is 0.189 e. The van der Waals surface area contributed by atoms with Gasteiger partial charge in [0.05, 0.1) is 0 Å². The van der Waals surface area contributed by atoms with Gasteiger partial charge in [-0.2, -0.15) is 0 Å². The molecule has 0 aliphatic rings. The van der Waals surface area contributed by atoms with Crippen LogP contribution in [-0.4, -0.2) is 10.2 Å². The number of aryl methyl sites for hydroxylation is 2. The SMILES string of the molecule is Cc1cc(C)cc(NC(=S)NNC(=S)Nc2ccc(F)cc2)c1. The van der Waals surface area contributed by atoms with E-state index in [1.807, 2.05) is 26.0 Å². The second kappa shape index (κ2) is 7.85. The van der Waals surface area contributed by atoms with Gasteiger partial charge in [0, 0.05) is 11.4 Å². The molecule has 0 atom stereocenters. The van der Waals surface area contributed by atoms with Gasteiger partial charge < -0.3 is 10.6 Å². The summed E-state index contributed by atoms with van der Waals surface area (Å²) < 4.78 is 12.8. The first-order valence-corrected chi connectivity index (χ1v) is 7.72. The summed E-state index contributed by atoms with van der Waals surface area (Å²) in [6, 6.07) is 12.0. The van der Waals surface area contributed by atoms with Crippen LogP contribution in [0.2, 0.25) is 0 Å². The quantitative estimate of drug-likeness (QED) is 0.491. The Bertz CT molecular complexity index is 696. The van der Waals surface area contributed by atoms with Crippen molar-refractivity contribution in [2.45, 2.75) is 13.8 Å². The van der Waals surface area contributed by atoms with E-state index in [9.17, 15) is 4.39 Å². The Balaban J connectivity index is 1.81. The number of anilines is 2. The highest BCUT2D eigenvalue weighted by atomic mass is 32.1. The van der Waals surface area contributed by atoms with Crippen molar-refractivity contribution in [3.8, 4) is 0 Å². The largest absolute Gasteiger partial charge is 0.331 e. The second-order valence-electron chi connectivity index (χ2n) is 5.04. The van der Waals surface area contributed by atoms with Gasteiger partial charge in [0.15, 0.2) is 10.2 Å². The summed E-state index contributed by atoms with van der Waals surface area (Å²) in [4.78, 5) is 0.